The minimum atomic E-state index is -0.655. The molecule has 2 aliphatic rings. The lowest BCUT2D eigenvalue weighted by atomic mass is 9.85. The molecule has 1 aromatic carbocycles. The summed E-state index contributed by atoms with van der Waals surface area (Å²) in [5.41, 5.74) is 2.95. The van der Waals surface area contributed by atoms with E-state index in [0.717, 1.165) is 11.8 Å². The number of anilines is 1. The molecule has 3 N–H and O–H groups in total. The van der Waals surface area contributed by atoms with Crippen LogP contribution in [0.1, 0.15) is 24.2 Å². The molecule has 9 nitrogen and oxygen atoms in total. The number of piperidine rings is 1. The van der Waals surface area contributed by atoms with Gasteiger partial charge in [-0.05, 0) is 49.3 Å². The number of nitrogens with one attached hydrogen (secondary N) is 2. The molecule has 3 amide bonds. The van der Waals surface area contributed by atoms with Crippen molar-refractivity contribution in [3.05, 3.63) is 72.1 Å². The standard InChI is InChI=1S/C24H25N5O4/c30-21(27-33)11-9-18-5-4-6-19(26-18)10-12-22(31)28-15-13-24(14-16-28)23(32)25-17-29(24)20-7-2-1-3-8-20/h1-12,33H,13-17H2,(H,25,32)(H,27,30)/b11-9+,12-10+. The van der Waals surface area contributed by atoms with Crippen LogP contribution in [-0.4, -0.2) is 58.1 Å². The van der Waals surface area contributed by atoms with Gasteiger partial charge >= 0.3 is 0 Å². The summed E-state index contributed by atoms with van der Waals surface area (Å²) in [7, 11) is 0. The van der Waals surface area contributed by atoms with E-state index < -0.39 is 11.4 Å². The van der Waals surface area contributed by atoms with Crippen LogP contribution < -0.4 is 15.7 Å². The van der Waals surface area contributed by atoms with Crippen LogP contribution in [0.25, 0.3) is 12.2 Å². The largest absolute Gasteiger partial charge is 0.339 e. The highest BCUT2D eigenvalue weighted by Crippen LogP contribution is 2.36. The molecule has 170 valence electrons. The normalized spacial score (nSPS) is 17.7. The third-order valence-electron chi connectivity index (χ3n) is 6.01. The lowest BCUT2D eigenvalue weighted by Gasteiger charge is -2.43. The van der Waals surface area contributed by atoms with Gasteiger partial charge in [-0.1, -0.05) is 24.3 Å². The fourth-order valence-corrected chi connectivity index (χ4v) is 4.24. The Morgan fingerprint density at radius 3 is 2.33 bits per heavy atom. The van der Waals surface area contributed by atoms with E-state index in [1.54, 1.807) is 29.2 Å². The van der Waals surface area contributed by atoms with Gasteiger partial charge in [0.15, 0.2) is 0 Å². The van der Waals surface area contributed by atoms with E-state index in [2.05, 4.69) is 15.2 Å². The number of hydroxylamine groups is 1. The number of carbonyl (C=O) groups excluding carboxylic acids is 3. The summed E-state index contributed by atoms with van der Waals surface area (Å²) in [6, 6.07) is 15.1. The van der Waals surface area contributed by atoms with E-state index in [4.69, 9.17) is 5.21 Å². The number of carbonyl (C=O) groups is 3. The van der Waals surface area contributed by atoms with Crippen molar-refractivity contribution in [2.45, 2.75) is 18.4 Å². The molecule has 1 aromatic heterocycles. The number of aromatic nitrogens is 1. The molecular weight excluding hydrogens is 422 g/mol. The molecule has 3 heterocycles. The van der Waals surface area contributed by atoms with Crippen LogP contribution in [0.5, 0.6) is 0 Å². The Morgan fingerprint density at radius 2 is 1.67 bits per heavy atom. The second-order valence-corrected chi connectivity index (χ2v) is 7.91. The molecule has 0 unspecified atom stereocenters. The van der Waals surface area contributed by atoms with Crippen molar-refractivity contribution in [2.24, 2.45) is 0 Å². The summed E-state index contributed by atoms with van der Waals surface area (Å²) in [6.07, 6.45) is 6.81. The molecule has 0 radical (unpaired) electrons. The highest BCUT2D eigenvalue weighted by Gasteiger charge is 2.50. The maximum absolute atomic E-state index is 12.7. The predicted molar refractivity (Wildman–Crippen MR) is 123 cm³/mol. The molecule has 1 spiro atoms. The molecule has 0 saturated carbocycles. The smallest absolute Gasteiger partial charge is 0.267 e. The number of rotatable bonds is 5. The van der Waals surface area contributed by atoms with Crippen LogP contribution in [0.4, 0.5) is 5.69 Å². The van der Waals surface area contributed by atoms with Crippen molar-refractivity contribution in [2.75, 3.05) is 24.7 Å². The van der Waals surface area contributed by atoms with Crippen LogP contribution in [0.2, 0.25) is 0 Å². The number of para-hydroxylation sites is 1. The number of hydrogen-bond donors (Lipinski definition) is 3. The fraction of sp³-hybridized carbons (Fsp3) is 0.250. The fourth-order valence-electron chi connectivity index (χ4n) is 4.24. The van der Waals surface area contributed by atoms with Crippen LogP contribution in [0, 0.1) is 0 Å². The van der Waals surface area contributed by atoms with Crippen molar-refractivity contribution >= 4 is 35.6 Å². The van der Waals surface area contributed by atoms with Crippen molar-refractivity contribution in [3.8, 4) is 0 Å². The van der Waals surface area contributed by atoms with Gasteiger partial charge in [0.25, 0.3) is 5.91 Å². The Morgan fingerprint density at radius 1 is 1.00 bits per heavy atom. The number of hydrogen-bond acceptors (Lipinski definition) is 6. The molecule has 33 heavy (non-hydrogen) atoms. The van der Waals surface area contributed by atoms with E-state index in [-0.39, 0.29) is 11.8 Å². The molecule has 0 bridgehead atoms. The zero-order chi connectivity index (χ0) is 23.3. The zero-order valence-electron chi connectivity index (χ0n) is 18.0. The monoisotopic (exact) mass is 447 g/mol. The van der Waals surface area contributed by atoms with E-state index in [1.807, 2.05) is 30.3 Å². The molecule has 2 aromatic rings. The zero-order valence-corrected chi connectivity index (χ0v) is 18.0. The van der Waals surface area contributed by atoms with Gasteiger partial charge < -0.3 is 15.1 Å². The molecular formula is C24H25N5O4. The van der Waals surface area contributed by atoms with Crippen molar-refractivity contribution in [3.63, 3.8) is 0 Å². The van der Waals surface area contributed by atoms with Gasteiger partial charge in [0.05, 0.1) is 18.1 Å². The summed E-state index contributed by atoms with van der Waals surface area (Å²) in [4.78, 5) is 44.8. The molecule has 2 aliphatic heterocycles. The van der Waals surface area contributed by atoms with Crippen LogP contribution >= 0.6 is 0 Å². The van der Waals surface area contributed by atoms with Gasteiger partial charge in [-0.15, -0.1) is 0 Å². The summed E-state index contributed by atoms with van der Waals surface area (Å²) < 4.78 is 0. The van der Waals surface area contributed by atoms with Gasteiger partial charge in [-0.3, -0.25) is 19.6 Å². The lowest BCUT2D eigenvalue weighted by molar-refractivity contribution is -0.131. The number of likely N-dealkylation sites (tertiary alicyclic amines) is 1. The quantitative estimate of drug-likeness (QED) is 0.364. The number of benzene rings is 1. The predicted octanol–water partition coefficient (Wildman–Crippen LogP) is 1.57. The van der Waals surface area contributed by atoms with Crippen molar-refractivity contribution in [1.82, 2.24) is 20.7 Å². The minimum absolute atomic E-state index is 0.0120. The SMILES string of the molecule is O=C(/C=C/c1cccc(/C=C/C(=O)N2CCC3(CC2)C(=O)NCN3c2ccccc2)n1)NO. The van der Waals surface area contributed by atoms with Gasteiger partial charge in [0.2, 0.25) is 11.8 Å². The molecule has 9 heteroatoms. The molecule has 2 fully saturated rings. The average molecular weight is 447 g/mol. The third-order valence-corrected chi connectivity index (χ3v) is 6.01. The highest BCUT2D eigenvalue weighted by molar-refractivity contribution is 5.95. The van der Waals surface area contributed by atoms with E-state index in [0.29, 0.717) is 44.0 Å². The van der Waals surface area contributed by atoms with Gasteiger partial charge in [-0.2, -0.15) is 0 Å². The van der Waals surface area contributed by atoms with Crippen molar-refractivity contribution in [1.29, 1.82) is 0 Å². The Labute approximate surface area is 191 Å². The molecule has 0 atom stereocenters. The highest BCUT2D eigenvalue weighted by atomic mass is 16.5. The average Bonchev–Trinajstić information content (AvgIpc) is 3.17. The number of amides is 3. The summed E-state index contributed by atoms with van der Waals surface area (Å²) in [5.74, 6) is -0.785. The Bertz CT molecular complexity index is 1090. The lowest BCUT2D eigenvalue weighted by Crippen LogP contribution is -2.57. The first-order valence-corrected chi connectivity index (χ1v) is 10.7. The second kappa shape index (κ2) is 9.66. The maximum atomic E-state index is 12.7. The van der Waals surface area contributed by atoms with Crippen LogP contribution in [0.15, 0.2) is 60.7 Å². The van der Waals surface area contributed by atoms with E-state index >= 15 is 0 Å². The summed E-state index contributed by atoms with van der Waals surface area (Å²) >= 11 is 0. The van der Waals surface area contributed by atoms with E-state index in [1.165, 1.54) is 17.6 Å². The van der Waals surface area contributed by atoms with E-state index in [9.17, 15) is 14.4 Å². The molecule has 0 aliphatic carbocycles. The Balaban J connectivity index is 1.40. The second-order valence-electron chi connectivity index (χ2n) is 7.91. The molecule has 4 rings (SSSR count). The molecule has 2 saturated heterocycles. The first kappa shape index (κ1) is 22.2. The topological polar surface area (TPSA) is 115 Å². The van der Waals surface area contributed by atoms with Gasteiger partial charge in [-0.25, -0.2) is 10.5 Å². The van der Waals surface area contributed by atoms with Crippen LogP contribution in [-0.2, 0) is 14.4 Å². The minimum Gasteiger partial charge on any atom is -0.339 e. The van der Waals surface area contributed by atoms with Gasteiger partial charge in [0, 0.05) is 30.9 Å². The number of pyridine rings is 1. The van der Waals surface area contributed by atoms with Crippen molar-refractivity contribution < 1.29 is 19.6 Å². The first-order chi connectivity index (χ1) is 16.0. The summed E-state index contributed by atoms with van der Waals surface area (Å²) in [6.45, 7) is 1.42. The Hall–Kier alpha value is -3.98. The Kier molecular flexibility index (Phi) is 6.50. The summed E-state index contributed by atoms with van der Waals surface area (Å²) in [5, 5.41) is 11.5. The first-order valence-electron chi connectivity index (χ1n) is 10.7. The third kappa shape index (κ3) is 4.78. The maximum Gasteiger partial charge on any atom is 0.267 e. The van der Waals surface area contributed by atoms with Gasteiger partial charge in [0.1, 0.15) is 5.54 Å². The number of nitrogens with zero attached hydrogens (tertiary/aromatic N) is 3. The van der Waals surface area contributed by atoms with Crippen LogP contribution in [0.3, 0.4) is 0 Å².